The predicted octanol–water partition coefficient (Wildman–Crippen LogP) is 10.6. The smallest absolute Gasteiger partial charge is 0.101 e. The molecule has 0 saturated heterocycles. The largest absolute Gasteiger partial charge is 0.309 e. The Morgan fingerprint density at radius 3 is 1.59 bits per heavy atom. The van der Waals surface area contributed by atoms with E-state index in [1.165, 1.54) is 21.8 Å². The zero-order valence-electron chi connectivity index (χ0n) is 25.9. The van der Waals surface area contributed by atoms with Crippen LogP contribution in [0.3, 0.4) is 0 Å². The maximum Gasteiger partial charge on any atom is 0.101 e. The third kappa shape index (κ3) is 4.12. The van der Waals surface area contributed by atoms with Crippen molar-refractivity contribution < 1.29 is 0 Å². The van der Waals surface area contributed by atoms with Gasteiger partial charge in [-0.1, -0.05) is 87.5 Å². The minimum Gasteiger partial charge on any atom is -0.309 e. The summed E-state index contributed by atoms with van der Waals surface area (Å²) in [5, 5.41) is 24.8. The van der Waals surface area contributed by atoms with Crippen LogP contribution in [0.1, 0.15) is 37.5 Å². The third-order valence-corrected chi connectivity index (χ3v) is 9.08. The number of nitrogens with zero attached hydrogens (tertiary/aromatic N) is 4. The molecule has 0 spiro atoms. The molecule has 0 aliphatic rings. The molecule has 0 aliphatic heterocycles. The molecule has 0 bridgehead atoms. The summed E-state index contributed by atoms with van der Waals surface area (Å²) in [7, 11) is 0. The second-order valence-electron chi connectivity index (χ2n) is 12.9. The molecule has 6 aromatic carbocycles. The van der Waals surface area contributed by atoms with Crippen LogP contribution in [0, 0.1) is 22.7 Å². The molecule has 0 unspecified atom stereocenters. The van der Waals surface area contributed by atoms with Crippen LogP contribution in [0.2, 0.25) is 0 Å². The van der Waals surface area contributed by atoms with E-state index in [9.17, 15) is 10.5 Å². The van der Waals surface area contributed by atoms with E-state index in [1.807, 2.05) is 12.1 Å². The Kier molecular flexibility index (Phi) is 6.11. The number of benzene rings is 6. The normalized spacial score (nSPS) is 11.8. The maximum atomic E-state index is 10.3. The van der Waals surface area contributed by atoms with Crippen molar-refractivity contribution in [2.75, 3.05) is 0 Å². The third-order valence-electron chi connectivity index (χ3n) is 9.08. The fourth-order valence-electron chi connectivity index (χ4n) is 7.00. The highest BCUT2D eigenvalue weighted by molar-refractivity contribution is 6.12. The lowest BCUT2D eigenvalue weighted by Gasteiger charge is -2.25. The molecule has 4 heteroatoms. The highest BCUT2D eigenvalue weighted by atomic mass is 15.0. The number of rotatable bonds is 3. The second kappa shape index (κ2) is 10.2. The Labute approximate surface area is 267 Å². The Morgan fingerprint density at radius 2 is 1.02 bits per heavy atom. The van der Waals surface area contributed by atoms with Gasteiger partial charge in [-0.25, -0.2) is 0 Å². The quantitative estimate of drug-likeness (QED) is 0.205. The van der Waals surface area contributed by atoms with Crippen LogP contribution in [0.15, 0.2) is 127 Å². The molecule has 8 aromatic rings. The van der Waals surface area contributed by atoms with E-state index in [0.29, 0.717) is 11.1 Å². The standard InChI is InChI=1S/C42H30N4/c1-42(2,3)36-22-27(25-43)21-30(26-44)41(36)46-38-16-10-8-14-33(38)35-24-29(18-20-40(35)46)28-17-19-39-34(23-28)32-13-7-9-15-37(32)45(39)31-11-5-4-6-12-31/h4-24H,1-3H3. The zero-order valence-corrected chi connectivity index (χ0v) is 25.9. The molecule has 0 aliphatic carbocycles. The van der Waals surface area contributed by atoms with E-state index in [0.717, 1.165) is 49.9 Å². The first-order valence-electron chi connectivity index (χ1n) is 15.5. The highest BCUT2D eigenvalue weighted by Crippen LogP contribution is 2.41. The molecule has 2 aromatic heterocycles. The first-order valence-corrected chi connectivity index (χ1v) is 15.5. The van der Waals surface area contributed by atoms with Crippen molar-refractivity contribution in [1.82, 2.24) is 9.13 Å². The van der Waals surface area contributed by atoms with Crippen LogP contribution in [0.5, 0.6) is 0 Å². The molecule has 218 valence electrons. The van der Waals surface area contributed by atoms with E-state index < -0.39 is 0 Å². The highest BCUT2D eigenvalue weighted by Gasteiger charge is 2.26. The van der Waals surface area contributed by atoms with Crippen molar-refractivity contribution >= 4 is 43.6 Å². The second-order valence-corrected chi connectivity index (χ2v) is 12.9. The van der Waals surface area contributed by atoms with Gasteiger partial charge < -0.3 is 9.13 Å². The van der Waals surface area contributed by atoms with Gasteiger partial charge in [-0.2, -0.15) is 10.5 Å². The van der Waals surface area contributed by atoms with Crippen molar-refractivity contribution in [2.24, 2.45) is 0 Å². The van der Waals surface area contributed by atoms with E-state index in [4.69, 9.17) is 0 Å². The molecule has 0 fully saturated rings. The topological polar surface area (TPSA) is 57.4 Å². The molecule has 8 rings (SSSR count). The van der Waals surface area contributed by atoms with Crippen LogP contribution in [0.25, 0.3) is 66.1 Å². The van der Waals surface area contributed by atoms with Crippen LogP contribution < -0.4 is 0 Å². The summed E-state index contributed by atoms with van der Waals surface area (Å²) in [6.45, 7) is 6.39. The van der Waals surface area contributed by atoms with Gasteiger partial charge in [0, 0.05) is 27.2 Å². The fourth-order valence-corrected chi connectivity index (χ4v) is 7.00. The average Bonchev–Trinajstić information content (AvgIpc) is 3.59. The summed E-state index contributed by atoms with van der Waals surface area (Å²) in [6, 6.07) is 49.2. The lowest BCUT2D eigenvalue weighted by Crippen LogP contribution is -2.17. The summed E-state index contributed by atoms with van der Waals surface area (Å²) in [4.78, 5) is 0. The van der Waals surface area contributed by atoms with Crippen LogP contribution in [-0.2, 0) is 5.41 Å². The van der Waals surface area contributed by atoms with E-state index >= 15 is 0 Å². The van der Waals surface area contributed by atoms with Gasteiger partial charge in [-0.05, 0) is 82.8 Å². The van der Waals surface area contributed by atoms with Gasteiger partial charge in [0.1, 0.15) is 6.07 Å². The SMILES string of the molecule is CC(C)(C)c1cc(C#N)cc(C#N)c1-n1c2ccccc2c2cc(-c3ccc4c(c3)c3ccccc3n4-c3ccccc3)ccc21. The van der Waals surface area contributed by atoms with Crippen molar-refractivity contribution in [2.45, 2.75) is 26.2 Å². The van der Waals surface area contributed by atoms with Gasteiger partial charge >= 0.3 is 0 Å². The molecular formula is C42H30N4. The van der Waals surface area contributed by atoms with E-state index in [1.54, 1.807) is 6.07 Å². The van der Waals surface area contributed by atoms with E-state index in [2.05, 4.69) is 151 Å². The molecule has 0 amide bonds. The summed E-state index contributed by atoms with van der Waals surface area (Å²) in [5.74, 6) is 0. The maximum absolute atomic E-state index is 10.3. The van der Waals surface area contributed by atoms with Gasteiger partial charge in [0.2, 0.25) is 0 Å². The van der Waals surface area contributed by atoms with Crippen molar-refractivity contribution in [3.8, 4) is 34.6 Å². The summed E-state index contributed by atoms with van der Waals surface area (Å²) in [5.41, 5.74) is 10.3. The van der Waals surface area contributed by atoms with Crippen LogP contribution >= 0.6 is 0 Å². The molecule has 0 radical (unpaired) electrons. The number of para-hydroxylation sites is 3. The first kappa shape index (κ1) is 27.4. The Morgan fingerprint density at radius 1 is 0.500 bits per heavy atom. The number of hydrogen-bond acceptors (Lipinski definition) is 2. The predicted molar refractivity (Wildman–Crippen MR) is 189 cm³/mol. The van der Waals surface area contributed by atoms with Gasteiger partial charge in [0.05, 0.1) is 45.0 Å². The lowest BCUT2D eigenvalue weighted by molar-refractivity contribution is 0.587. The monoisotopic (exact) mass is 590 g/mol. The number of hydrogen-bond donors (Lipinski definition) is 0. The molecule has 2 heterocycles. The van der Waals surface area contributed by atoms with Gasteiger partial charge in [-0.3, -0.25) is 0 Å². The van der Waals surface area contributed by atoms with Crippen LogP contribution in [-0.4, -0.2) is 9.13 Å². The van der Waals surface area contributed by atoms with Crippen LogP contribution in [0.4, 0.5) is 0 Å². The number of nitriles is 2. The van der Waals surface area contributed by atoms with Crippen molar-refractivity contribution in [1.29, 1.82) is 10.5 Å². The van der Waals surface area contributed by atoms with E-state index in [-0.39, 0.29) is 5.41 Å². The van der Waals surface area contributed by atoms with Crippen molar-refractivity contribution in [3.05, 3.63) is 144 Å². The van der Waals surface area contributed by atoms with Gasteiger partial charge in [-0.15, -0.1) is 0 Å². The van der Waals surface area contributed by atoms with Gasteiger partial charge in [0.15, 0.2) is 0 Å². The van der Waals surface area contributed by atoms with Gasteiger partial charge in [0.25, 0.3) is 0 Å². The zero-order chi connectivity index (χ0) is 31.6. The Hall–Kier alpha value is -6.10. The summed E-state index contributed by atoms with van der Waals surface area (Å²) in [6.07, 6.45) is 0. The molecular weight excluding hydrogens is 560 g/mol. The summed E-state index contributed by atoms with van der Waals surface area (Å²) < 4.78 is 4.55. The molecule has 4 nitrogen and oxygen atoms in total. The summed E-state index contributed by atoms with van der Waals surface area (Å²) >= 11 is 0. The molecule has 0 N–H and O–H groups in total. The van der Waals surface area contributed by atoms with Crippen molar-refractivity contribution in [3.63, 3.8) is 0 Å². The lowest BCUT2D eigenvalue weighted by atomic mass is 9.83. The fraction of sp³-hybridized carbons (Fsp3) is 0.0952. The molecule has 0 atom stereocenters. The Balaban J connectivity index is 1.38. The molecule has 0 saturated carbocycles. The minimum absolute atomic E-state index is 0.292. The number of fused-ring (bicyclic) bond motifs is 6. The first-order chi connectivity index (χ1) is 22.4. The minimum atomic E-state index is -0.292. The Bertz CT molecular complexity index is 2580. The average molecular weight is 591 g/mol. The molecule has 46 heavy (non-hydrogen) atoms. The number of aromatic nitrogens is 2.